The van der Waals surface area contributed by atoms with Crippen molar-refractivity contribution in [1.29, 1.82) is 0 Å². The minimum Gasteiger partial charge on any atom is -0.476 e. The Morgan fingerprint density at radius 2 is 1.93 bits per heavy atom. The van der Waals surface area contributed by atoms with Crippen LogP contribution >= 0.6 is 11.6 Å². The predicted molar refractivity (Wildman–Crippen MR) is 109 cm³/mol. The number of esters is 1. The van der Waals surface area contributed by atoms with Crippen LogP contribution in [0, 0.1) is 6.92 Å². The van der Waals surface area contributed by atoms with Crippen molar-refractivity contribution < 1.29 is 14.3 Å². The first kappa shape index (κ1) is 19.3. The number of fused-ring (bicyclic) bond motifs is 1. The number of rotatable bonds is 5. The first-order chi connectivity index (χ1) is 12.7. The lowest BCUT2D eigenvalue weighted by atomic mass is 10.0. The van der Waals surface area contributed by atoms with Crippen LogP contribution in [0.25, 0.3) is 22.0 Å². The predicted octanol–water partition coefficient (Wildman–Crippen LogP) is 5.53. The molecule has 5 heteroatoms. The molecule has 0 N–H and O–H groups in total. The van der Waals surface area contributed by atoms with E-state index in [1.165, 1.54) is 0 Å². The standard InChI is InChI=1S/C22H24ClNO3/c1-6-26-21(25)22(3,4)27-17-10-11-19-18(13-17)20(14(2)24(19)5)15-8-7-9-16(23)12-15/h7-13H,6H2,1-5H3. The van der Waals surface area contributed by atoms with E-state index >= 15 is 0 Å². The molecule has 0 saturated carbocycles. The number of carbonyl (C=O) groups excluding carboxylic acids is 1. The van der Waals surface area contributed by atoms with Gasteiger partial charge in [0.1, 0.15) is 5.75 Å². The van der Waals surface area contributed by atoms with Crippen LogP contribution in [0.1, 0.15) is 26.5 Å². The number of aromatic nitrogens is 1. The van der Waals surface area contributed by atoms with Gasteiger partial charge in [-0.05, 0) is 63.6 Å². The van der Waals surface area contributed by atoms with Crippen LogP contribution < -0.4 is 4.74 Å². The lowest BCUT2D eigenvalue weighted by Gasteiger charge is -2.24. The zero-order valence-corrected chi connectivity index (χ0v) is 17.1. The Morgan fingerprint density at radius 1 is 1.19 bits per heavy atom. The van der Waals surface area contributed by atoms with Crippen LogP contribution in [0.5, 0.6) is 5.75 Å². The smallest absolute Gasteiger partial charge is 0.349 e. The van der Waals surface area contributed by atoms with E-state index in [4.69, 9.17) is 21.1 Å². The number of hydrogen-bond donors (Lipinski definition) is 0. The largest absolute Gasteiger partial charge is 0.476 e. The van der Waals surface area contributed by atoms with Gasteiger partial charge in [-0.15, -0.1) is 0 Å². The van der Waals surface area contributed by atoms with Crippen LogP contribution in [0.2, 0.25) is 5.02 Å². The highest BCUT2D eigenvalue weighted by Crippen LogP contribution is 2.37. The molecule has 0 bridgehead atoms. The summed E-state index contributed by atoms with van der Waals surface area (Å²) in [7, 11) is 2.04. The first-order valence-corrected chi connectivity index (χ1v) is 9.33. The lowest BCUT2D eigenvalue weighted by Crippen LogP contribution is -2.39. The Labute approximate surface area is 164 Å². The molecule has 1 aromatic heterocycles. The van der Waals surface area contributed by atoms with Crippen molar-refractivity contribution in [2.24, 2.45) is 7.05 Å². The van der Waals surface area contributed by atoms with E-state index in [-0.39, 0.29) is 5.97 Å². The van der Waals surface area contributed by atoms with E-state index in [2.05, 4.69) is 11.5 Å². The Morgan fingerprint density at radius 3 is 2.59 bits per heavy atom. The number of aryl methyl sites for hydroxylation is 1. The lowest BCUT2D eigenvalue weighted by molar-refractivity contribution is -0.158. The highest BCUT2D eigenvalue weighted by molar-refractivity contribution is 6.31. The van der Waals surface area contributed by atoms with Crippen LogP contribution in [0.15, 0.2) is 42.5 Å². The second-order valence-electron chi connectivity index (χ2n) is 7.04. The highest BCUT2D eigenvalue weighted by atomic mass is 35.5. The number of nitrogens with zero attached hydrogens (tertiary/aromatic N) is 1. The van der Waals surface area contributed by atoms with Gasteiger partial charge >= 0.3 is 5.97 Å². The molecule has 27 heavy (non-hydrogen) atoms. The van der Waals surface area contributed by atoms with Crippen molar-refractivity contribution >= 4 is 28.5 Å². The summed E-state index contributed by atoms with van der Waals surface area (Å²) in [5.74, 6) is 0.235. The third kappa shape index (κ3) is 3.67. The first-order valence-electron chi connectivity index (χ1n) is 8.96. The molecule has 0 saturated heterocycles. The van der Waals surface area contributed by atoms with Gasteiger partial charge < -0.3 is 14.0 Å². The monoisotopic (exact) mass is 385 g/mol. The molecule has 0 aliphatic rings. The molecule has 2 aromatic carbocycles. The minimum atomic E-state index is -1.07. The number of benzene rings is 2. The average molecular weight is 386 g/mol. The van der Waals surface area contributed by atoms with Crippen molar-refractivity contribution in [2.75, 3.05) is 6.61 Å². The van der Waals surface area contributed by atoms with E-state index in [1.54, 1.807) is 20.8 Å². The zero-order chi connectivity index (χ0) is 19.8. The molecule has 0 aliphatic heterocycles. The highest BCUT2D eigenvalue weighted by Gasteiger charge is 2.31. The molecule has 0 radical (unpaired) electrons. The fourth-order valence-electron chi connectivity index (χ4n) is 3.26. The molecule has 0 aliphatic carbocycles. The van der Waals surface area contributed by atoms with Crippen molar-refractivity contribution in [3.63, 3.8) is 0 Å². The molecule has 0 amide bonds. The Bertz CT molecular complexity index is 1000. The van der Waals surface area contributed by atoms with E-state index in [0.717, 1.165) is 27.7 Å². The normalized spacial score (nSPS) is 11.6. The third-order valence-corrected chi connectivity index (χ3v) is 4.95. The summed E-state index contributed by atoms with van der Waals surface area (Å²) in [6, 6.07) is 13.7. The number of carbonyl (C=O) groups is 1. The second-order valence-corrected chi connectivity index (χ2v) is 7.48. The van der Waals surface area contributed by atoms with Crippen molar-refractivity contribution in [3.8, 4) is 16.9 Å². The van der Waals surface area contributed by atoms with Gasteiger partial charge in [-0.25, -0.2) is 4.79 Å². The van der Waals surface area contributed by atoms with Crippen molar-refractivity contribution in [2.45, 2.75) is 33.3 Å². The molecule has 4 nitrogen and oxygen atoms in total. The summed E-state index contributed by atoms with van der Waals surface area (Å²) >= 11 is 6.21. The second kappa shape index (κ2) is 7.28. The molecular weight excluding hydrogens is 362 g/mol. The molecular formula is C22H24ClNO3. The van der Waals surface area contributed by atoms with Crippen molar-refractivity contribution in [1.82, 2.24) is 4.57 Å². The van der Waals surface area contributed by atoms with Gasteiger partial charge in [0, 0.05) is 34.2 Å². The summed E-state index contributed by atoms with van der Waals surface area (Å²) in [6.07, 6.45) is 0. The van der Waals surface area contributed by atoms with Gasteiger partial charge in [-0.3, -0.25) is 0 Å². The maximum Gasteiger partial charge on any atom is 0.349 e. The Hall–Kier alpha value is -2.46. The van der Waals surface area contributed by atoms with E-state index in [9.17, 15) is 4.79 Å². The van der Waals surface area contributed by atoms with Gasteiger partial charge in [0.25, 0.3) is 0 Å². The minimum absolute atomic E-state index is 0.321. The number of ether oxygens (including phenoxy) is 2. The molecule has 0 fully saturated rings. The number of hydrogen-bond acceptors (Lipinski definition) is 3. The Balaban J connectivity index is 2.09. The van der Waals surface area contributed by atoms with Crippen molar-refractivity contribution in [3.05, 3.63) is 53.2 Å². The van der Waals surface area contributed by atoms with E-state index in [0.29, 0.717) is 17.4 Å². The summed E-state index contributed by atoms with van der Waals surface area (Å²) < 4.78 is 13.2. The molecule has 0 atom stereocenters. The maximum atomic E-state index is 12.2. The summed E-state index contributed by atoms with van der Waals surface area (Å²) in [5, 5.41) is 1.74. The van der Waals surface area contributed by atoms with Gasteiger partial charge in [0.2, 0.25) is 0 Å². The summed E-state index contributed by atoms with van der Waals surface area (Å²) in [4.78, 5) is 12.2. The molecule has 1 heterocycles. The Kier molecular flexibility index (Phi) is 5.20. The van der Waals surface area contributed by atoms with Crippen LogP contribution in [-0.4, -0.2) is 22.7 Å². The molecule has 3 aromatic rings. The van der Waals surface area contributed by atoms with Gasteiger partial charge in [0.15, 0.2) is 5.60 Å². The fraction of sp³-hybridized carbons (Fsp3) is 0.318. The molecule has 0 spiro atoms. The van der Waals surface area contributed by atoms with E-state index in [1.807, 2.05) is 49.5 Å². The SMILES string of the molecule is CCOC(=O)C(C)(C)Oc1ccc2c(c1)c(-c1cccc(Cl)c1)c(C)n2C. The summed E-state index contributed by atoms with van der Waals surface area (Å²) in [5.41, 5.74) is 3.31. The van der Waals surface area contributed by atoms with Gasteiger partial charge in [-0.2, -0.15) is 0 Å². The number of halogens is 1. The molecule has 142 valence electrons. The summed E-state index contributed by atoms with van der Waals surface area (Å²) in [6.45, 7) is 7.61. The topological polar surface area (TPSA) is 40.5 Å². The fourth-order valence-corrected chi connectivity index (χ4v) is 3.45. The average Bonchev–Trinajstić information content (AvgIpc) is 2.85. The molecule has 0 unspecified atom stereocenters. The van der Waals surface area contributed by atoms with Gasteiger partial charge in [-0.1, -0.05) is 23.7 Å². The maximum absolute atomic E-state index is 12.2. The van der Waals surface area contributed by atoms with Crippen LogP contribution in [0.4, 0.5) is 0 Å². The molecule has 3 rings (SSSR count). The zero-order valence-electron chi connectivity index (χ0n) is 16.3. The third-order valence-electron chi connectivity index (χ3n) is 4.72. The van der Waals surface area contributed by atoms with Gasteiger partial charge in [0.05, 0.1) is 6.61 Å². The van der Waals surface area contributed by atoms with Crippen LogP contribution in [-0.2, 0) is 16.6 Å². The van der Waals surface area contributed by atoms with Crippen LogP contribution in [0.3, 0.4) is 0 Å². The van der Waals surface area contributed by atoms with E-state index < -0.39 is 5.60 Å². The quantitative estimate of drug-likeness (QED) is 0.542.